The number of aryl methyl sites for hydroxylation is 1. The van der Waals surface area contributed by atoms with E-state index < -0.39 is 0 Å². The Hall–Kier alpha value is -0.870. The van der Waals surface area contributed by atoms with Crippen LogP contribution in [0.25, 0.3) is 0 Å². The van der Waals surface area contributed by atoms with Crippen LogP contribution in [0.5, 0.6) is 0 Å². The van der Waals surface area contributed by atoms with Crippen LogP contribution in [-0.2, 0) is 18.2 Å². The minimum absolute atomic E-state index is 0.403. The summed E-state index contributed by atoms with van der Waals surface area (Å²) in [6.07, 6.45) is 9.91. The van der Waals surface area contributed by atoms with Gasteiger partial charge in [-0.15, -0.1) is 0 Å². The van der Waals surface area contributed by atoms with Crippen molar-refractivity contribution in [1.29, 1.82) is 0 Å². The first-order valence-electron chi connectivity index (χ1n) is 7.42. The lowest BCUT2D eigenvalue weighted by Crippen LogP contribution is -2.39. The molecule has 0 aromatic carbocycles. The number of methoxy groups -OCH3 is 1. The highest BCUT2D eigenvalue weighted by Gasteiger charge is 2.32. The monoisotopic (exact) mass is 265 g/mol. The van der Waals surface area contributed by atoms with Crippen LogP contribution in [-0.4, -0.2) is 36.6 Å². The van der Waals surface area contributed by atoms with Crippen molar-refractivity contribution >= 4 is 0 Å². The standard InChI is InChI=1S/C15H27N3O/c1-18-10-6-14(17-18)12-15(7-4-3-5-8-15)13-16-9-11-19-2/h6,10,16H,3-5,7-9,11-13H2,1-2H3. The fraction of sp³-hybridized carbons (Fsp3) is 0.800. The van der Waals surface area contributed by atoms with Crippen LogP contribution in [0.3, 0.4) is 0 Å². The van der Waals surface area contributed by atoms with Crippen LogP contribution in [0.1, 0.15) is 37.8 Å². The highest BCUT2D eigenvalue weighted by atomic mass is 16.5. The third-order valence-electron chi connectivity index (χ3n) is 4.22. The van der Waals surface area contributed by atoms with Crippen molar-refractivity contribution in [2.45, 2.75) is 38.5 Å². The summed E-state index contributed by atoms with van der Waals surface area (Å²) in [7, 11) is 3.75. The summed E-state index contributed by atoms with van der Waals surface area (Å²) in [5, 5.41) is 8.12. The lowest BCUT2D eigenvalue weighted by atomic mass is 9.71. The lowest BCUT2D eigenvalue weighted by molar-refractivity contribution is 0.161. The largest absolute Gasteiger partial charge is 0.383 e. The highest BCUT2D eigenvalue weighted by molar-refractivity contribution is 5.04. The quantitative estimate of drug-likeness (QED) is 0.768. The first-order chi connectivity index (χ1) is 9.24. The van der Waals surface area contributed by atoms with Gasteiger partial charge >= 0.3 is 0 Å². The van der Waals surface area contributed by atoms with E-state index in [2.05, 4.69) is 16.5 Å². The molecule has 0 aliphatic heterocycles. The summed E-state index contributed by atoms with van der Waals surface area (Å²) in [5.41, 5.74) is 1.64. The van der Waals surface area contributed by atoms with E-state index in [0.29, 0.717) is 5.41 Å². The molecule has 4 heteroatoms. The van der Waals surface area contributed by atoms with Gasteiger partial charge in [-0.3, -0.25) is 4.68 Å². The summed E-state index contributed by atoms with van der Waals surface area (Å²) in [4.78, 5) is 0. The van der Waals surface area contributed by atoms with Crippen LogP contribution < -0.4 is 5.32 Å². The summed E-state index contributed by atoms with van der Waals surface area (Å²) >= 11 is 0. The number of hydrogen-bond acceptors (Lipinski definition) is 3. The Bertz CT molecular complexity index is 369. The van der Waals surface area contributed by atoms with Crippen molar-refractivity contribution in [3.8, 4) is 0 Å². The van der Waals surface area contributed by atoms with E-state index >= 15 is 0 Å². The van der Waals surface area contributed by atoms with Crippen molar-refractivity contribution in [2.75, 3.05) is 26.8 Å². The van der Waals surface area contributed by atoms with Crippen LogP contribution in [0.4, 0.5) is 0 Å². The zero-order valence-corrected chi connectivity index (χ0v) is 12.3. The molecule has 0 radical (unpaired) electrons. The number of aromatic nitrogens is 2. The van der Waals surface area contributed by atoms with Crippen molar-refractivity contribution < 1.29 is 4.74 Å². The Kier molecular flexibility index (Phi) is 5.40. The third kappa shape index (κ3) is 4.32. The second-order valence-corrected chi connectivity index (χ2v) is 5.89. The molecule has 0 unspecified atom stereocenters. The fourth-order valence-electron chi connectivity index (χ4n) is 3.19. The van der Waals surface area contributed by atoms with Crippen LogP contribution >= 0.6 is 0 Å². The molecule has 1 saturated carbocycles. The molecule has 1 aromatic rings. The average Bonchev–Trinajstić information content (AvgIpc) is 2.81. The topological polar surface area (TPSA) is 39.1 Å². The van der Waals surface area contributed by atoms with Gasteiger partial charge in [0.25, 0.3) is 0 Å². The molecule has 1 N–H and O–H groups in total. The van der Waals surface area contributed by atoms with Crippen molar-refractivity contribution in [3.05, 3.63) is 18.0 Å². The van der Waals surface area contributed by atoms with E-state index in [1.165, 1.54) is 37.8 Å². The van der Waals surface area contributed by atoms with Crippen LogP contribution in [0.2, 0.25) is 0 Å². The molecular formula is C15H27N3O. The number of nitrogens with zero attached hydrogens (tertiary/aromatic N) is 2. The summed E-state index contributed by atoms with van der Waals surface area (Å²) in [5.74, 6) is 0. The summed E-state index contributed by atoms with van der Waals surface area (Å²) in [6, 6.07) is 2.16. The molecule has 1 aliphatic carbocycles. The van der Waals surface area contributed by atoms with Gasteiger partial charge < -0.3 is 10.1 Å². The molecule has 0 atom stereocenters. The molecule has 0 saturated heterocycles. The van der Waals surface area contributed by atoms with E-state index in [9.17, 15) is 0 Å². The highest BCUT2D eigenvalue weighted by Crippen LogP contribution is 2.38. The van der Waals surface area contributed by atoms with Gasteiger partial charge in [0.15, 0.2) is 0 Å². The van der Waals surface area contributed by atoms with Gasteiger partial charge in [-0.25, -0.2) is 0 Å². The number of nitrogens with one attached hydrogen (secondary N) is 1. The molecule has 1 heterocycles. The zero-order chi connectivity index (χ0) is 13.6. The summed E-state index contributed by atoms with van der Waals surface area (Å²) < 4.78 is 7.01. The van der Waals surface area contributed by atoms with Gasteiger partial charge in [0.05, 0.1) is 12.3 Å². The molecule has 1 fully saturated rings. The van der Waals surface area contributed by atoms with Gasteiger partial charge in [-0.05, 0) is 30.7 Å². The molecule has 0 bridgehead atoms. The minimum Gasteiger partial charge on any atom is -0.383 e. The van der Waals surface area contributed by atoms with Gasteiger partial charge in [0.2, 0.25) is 0 Å². The second-order valence-electron chi connectivity index (χ2n) is 5.89. The van der Waals surface area contributed by atoms with Crippen molar-refractivity contribution in [3.63, 3.8) is 0 Å². The molecule has 2 rings (SSSR count). The SMILES string of the molecule is COCCNCC1(Cc2ccn(C)n2)CCCCC1. The Morgan fingerprint density at radius 2 is 2.16 bits per heavy atom. The van der Waals surface area contributed by atoms with Gasteiger partial charge in [-0.2, -0.15) is 5.10 Å². The van der Waals surface area contributed by atoms with Gasteiger partial charge in [0.1, 0.15) is 0 Å². The van der Waals surface area contributed by atoms with Crippen LogP contribution in [0, 0.1) is 5.41 Å². The second kappa shape index (κ2) is 7.06. The molecule has 4 nitrogen and oxygen atoms in total. The Morgan fingerprint density at radius 3 is 2.79 bits per heavy atom. The third-order valence-corrected chi connectivity index (χ3v) is 4.22. The maximum Gasteiger partial charge on any atom is 0.0630 e. The first-order valence-corrected chi connectivity index (χ1v) is 7.42. The van der Waals surface area contributed by atoms with E-state index in [1.54, 1.807) is 7.11 Å². The number of hydrogen-bond donors (Lipinski definition) is 1. The fourth-order valence-corrected chi connectivity index (χ4v) is 3.19. The molecule has 1 aromatic heterocycles. The number of ether oxygens (including phenoxy) is 1. The lowest BCUT2D eigenvalue weighted by Gasteiger charge is -2.37. The normalized spacial score (nSPS) is 18.6. The molecule has 0 amide bonds. The molecule has 1 aliphatic rings. The Labute approximate surface area is 116 Å². The van der Waals surface area contributed by atoms with E-state index in [0.717, 1.165) is 26.1 Å². The van der Waals surface area contributed by atoms with E-state index in [4.69, 9.17) is 4.74 Å². The maximum absolute atomic E-state index is 5.11. The average molecular weight is 265 g/mol. The minimum atomic E-state index is 0.403. The predicted octanol–water partition coefficient (Wildman–Crippen LogP) is 2.15. The summed E-state index contributed by atoms with van der Waals surface area (Å²) in [6.45, 7) is 2.83. The zero-order valence-electron chi connectivity index (χ0n) is 12.3. The smallest absolute Gasteiger partial charge is 0.0630 e. The predicted molar refractivity (Wildman–Crippen MR) is 77.2 cm³/mol. The molecule has 0 spiro atoms. The Balaban J connectivity index is 1.93. The molecule has 19 heavy (non-hydrogen) atoms. The van der Waals surface area contributed by atoms with Gasteiger partial charge in [0, 0.05) is 33.4 Å². The van der Waals surface area contributed by atoms with Crippen LogP contribution in [0.15, 0.2) is 12.3 Å². The molecular weight excluding hydrogens is 238 g/mol. The first kappa shape index (κ1) is 14.5. The van der Waals surface area contributed by atoms with E-state index in [1.807, 2.05) is 17.9 Å². The van der Waals surface area contributed by atoms with Crippen molar-refractivity contribution in [2.24, 2.45) is 12.5 Å². The van der Waals surface area contributed by atoms with E-state index in [-0.39, 0.29) is 0 Å². The van der Waals surface area contributed by atoms with Gasteiger partial charge in [-0.1, -0.05) is 19.3 Å². The molecule has 108 valence electrons. The maximum atomic E-state index is 5.11. The Morgan fingerprint density at radius 1 is 1.37 bits per heavy atom. The van der Waals surface area contributed by atoms with Crippen molar-refractivity contribution in [1.82, 2.24) is 15.1 Å². The number of rotatable bonds is 7.